The van der Waals surface area contributed by atoms with Crippen molar-refractivity contribution in [3.05, 3.63) is 35.5 Å². The van der Waals surface area contributed by atoms with E-state index in [0.29, 0.717) is 12.3 Å². The maximum Gasteiger partial charge on any atom is 0.203 e. The summed E-state index contributed by atoms with van der Waals surface area (Å²) in [5.41, 5.74) is 7.33. The van der Waals surface area contributed by atoms with Crippen molar-refractivity contribution in [3.8, 4) is 0 Å². The topological polar surface area (TPSA) is 119 Å². The summed E-state index contributed by atoms with van der Waals surface area (Å²) in [7, 11) is 1.61. The molecule has 0 amide bonds. The fourth-order valence-electron chi connectivity index (χ4n) is 1.53. The molecule has 0 aliphatic rings. The van der Waals surface area contributed by atoms with E-state index in [9.17, 15) is 0 Å². The van der Waals surface area contributed by atoms with Crippen molar-refractivity contribution in [3.63, 3.8) is 0 Å². The van der Waals surface area contributed by atoms with Gasteiger partial charge in [0.05, 0.1) is 6.61 Å². The minimum absolute atomic E-state index is 0.0355. The zero-order valence-corrected chi connectivity index (χ0v) is 10.2. The number of hydrogen-bond donors (Lipinski definition) is 3. The molecule has 1 aromatic heterocycles. The Balaban J connectivity index is 2.20. The minimum Gasteiger partial charge on any atom is -0.409 e. The maximum atomic E-state index is 8.99. The third-order valence-corrected chi connectivity index (χ3v) is 2.34. The zero-order valence-electron chi connectivity index (χ0n) is 10.2. The third kappa shape index (κ3) is 2.99. The van der Waals surface area contributed by atoms with Gasteiger partial charge in [0.25, 0.3) is 0 Å². The third-order valence-electron chi connectivity index (χ3n) is 2.34. The van der Waals surface area contributed by atoms with Crippen LogP contribution >= 0.6 is 0 Å². The number of hydrogen-bond acceptors (Lipinski definition) is 7. The number of ether oxygens (including phenoxy) is 1. The normalized spacial score (nSPS) is 11.5. The standard InChI is InChI=1S/C11H13N5O3/c1-18-6-7-3-2-4-8(5-7)13-11(14-17)9-10(12)16-19-15-9/h2-5,17H,6H2,1H3,(H2,12,16)(H,13,14). The molecule has 100 valence electrons. The molecule has 1 heterocycles. The van der Waals surface area contributed by atoms with Gasteiger partial charge in [-0.15, -0.1) is 0 Å². The number of aromatic nitrogens is 2. The highest BCUT2D eigenvalue weighted by molar-refractivity contribution is 6.09. The quantitative estimate of drug-likeness (QED) is 0.326. The second-order valence-electron chi connectivity index (χ2n) is 3.71. The van der Waals surface area contributed by atoms with E-state index >= 15 is 0 Å². The Morgan fingerprint density at radius 1 is 1.53 bits per heavy atom. The van der Waals surface area contributed by atoms with Gasteiger partial charge in [0.2, 0.25) is 5.84 Å². The SMILES string of the molecule is COCc1cccc(N/C(=N\O)c2nonc2N)c1. The fraction of sp³-hybridized carbons (Fsp3) is 0.182. The molecule has 4 N–H and O–H groups in total. The number of methoxy groups -OCH3 is 1. The predicted octanol–water partition coefficient (Wildman–Crippen LogP) is 1.05. The van der Waals surface area contributed by atoms with E-state index in [1.807, 2.05) is 18.2 Å². The van der Waals surface area contributed by atoms with E-state index in [2.05, 4.69) is 25.4 Å². The predicted molar refractivity (Wildman–Crippen MR) is 67.8 cm³/mol. The summed E-state index contributed by atoms with van der Waals surface area (Å²) in [5.74, 6) is 0.0849. The molecule has 1 aromatic carbocycles. The Bertz CT molecular complexity index is 581. The van der Waals surface area contributed by atoms with E-state index in [1.54, 1.807) is 13.2 Å². The summed E-state index contributed by atoms with van der Waals surface area (Å²) < 4.78 is 9.49. The second kappa shape index (κ2) is 5.83. The number of rotatable bonds is 4. The molecular formula is C11H13N5O3. The lowest BCUT2D eigenvalue weighted by Crippen LogP contribution is -2.16. The molecule has 0 aliphatic carbocycles. The number of nitrogens with two attached hydrogens (primary N) is 1. The molecule has 0 unspecified atom stereocenters. The van der Waals surface area contributed by atoms with Crippen LogP contribution in [0.2, 0.25) is 0 Å². The van der Waals surface area contributed by atoms with Crippen LogP contribution in [0.5, 0.6) is 0 Å². The maximum absolute atomic E-state index is 8.99. The Labute approximate surface area is 108 Å². The summed E-state index contributed by atoms with van der Waals surface area (Å²) in [5, 5.41) is 21.9. The summed E-state index contributed by atoms with van der Waals surface area (Å²) in [6.07, 6.45) is 0. The lowest BCUT2D eigenvalue weighted by molar-refractivity contribution is 0.185. The monoisotopic (exact) mass is 263 g/mol. The van der Waals surface area contributed by atoms with Crippen molar-refractivity contribution in [2.75, 3.05) is 18.2 Å². The van der Waals surface area contributed by atoms with Gasteiger partial charge in [-0.1, -0.05) is 17.3 Å². The van der Waals surface area contributed by atoms with E-state index in [-0.39, 0.29) is 17.3 Å². The number of benzene rings is 1. The van der Waals surface area contributed by atoms with E-state index in [0.717, 1.165) is 5.56 Å². The van der Waals surface area contributed by atoms with Crippen LogP contribution < -0.4 is 11.1 Å². The van der Waals surface area contributed by atoms with Gasteiger partial charge in [-0.05, 0) is 28.0 Å². The van der Waals surface area contributed by atoms with Crippen LogP contribution in [0.4, 0.5) is 11.5 Å². The minimum atomic E-state index is 0.0355. The van der Waals surface area contributed by atoms with Crippen LogP contribution in [0.1, 0.15) is 11.3 Å². The molecule has 2 aromatic rings. The first-order chi connectivity index (χ1) is 9.24. The van der Waals surface area contributed by atoms with Gasteiger partial charge in [-0.2, -0.15) is 0 Å². The first-order valence-corrected chi connectivity index (χ1v) is 5.40. The fourth-order valence-corrected chi connectivity index (χ4v) is 1.53. The molecule has 0 bridgehead atoms. The Kier molecular flexibility index (Phi) is 3.94. The molecule has 8 nitrogen and oxygen atoms in total. The first-order valence-electron chi connectivity index (χ1n) is 5.40. The molecule has 19 heavy (non-hydrogen) atoms. The summed E-state index contributed by atoms with van der Waals surface area (Å²) >= 11 is 0. The van der Waals surface area contributed by atoms with Crippen molar-refractivity contribution in [2.45, 2.75) is 6.61 Å². The van der Waals surface area contributed by atoms with Gasteiger partial charge in [-0.3, -0.25) is 0 Å². The molecule has 0 aliphatic heterocycles. The zero-order chi connectivity index (χ0) is 13.7. The van der Waals surface area contributed by atoms with Crippen LogP contribution in [0.25, 0.3) is 0 Å². The van der Waals surface area contributed by atoms with Crippen molar-refractivity contribution in [1.29, 1.82) is 0 Å². The Morgan fingerprint density at radius 3 is 3.00 bits per heavy atom. The lowest BCUT2D eigenvalue weighted by Gasteiger charge is -2.07. The van der Waals surface area contributed by atoms with Crippen LogP contribution in [-0.2, 0) is 11.3 Å². The molecule has 0 saturated carbocycles. The molecule has 2 rings (SSSR count). The smallest absolute Gasteiger partial charge is 0.203 e. The highest BCUT2D eigenvalue weighted by atomic mass is 16.6. The van der Waals surface area contributed by atoms with E-state index < -0.39 is 0 Å². The van der Waals surface area contributed by atoms with Gasteiger partial charge < -0.3 is 21.0 Å². The Morgan fingerprint density at radius 2 is 2.37 bits per heavy atom. The average Bonchev–Trinajstić information content (AvgIpc) is 2.83. The van der Waals surface area contributed by atoms with Crippen molar-refractivity contribution in [2.24, 2.45) is 5.16 Å². The van der Waals surface area contributed by atoms with Gasteiger partial charge in [0.1, 0.15) is 0 Å². The van der Waals surface area contributed by atoms with E-state index in [4.69, 9.17) is 15.7 Å². The summed E-state index contributed by atoms with van der Waals surface area (Å²) in [6.45, 7) is 0.481. The van der Waals surface area contributed by atoms with Crippen LogP contribution in [-0.4, -0.2) is 28.5 Å². The molecular weight excluding hydrogens is 250 g/mol. The molecule has 0 saturated heterocycles. The number of nitrogens with one attached hydrogen (secondary N) is 1. The van der Waals surface area contributed by atoms with Crippen molar-refractivity contribution in [1.82, 2.24) is 10.3 Å². The van der Waals surface area contributed by atoms with Gasteiger partial charge in [0, 0.05) is 12.8 Å². The number of nitrogens with zero attached hydrogens (tertiary/aromatic N) is 3. The number of amidine groups is 1. The van der Waals surface area contributed by atoms with Gasteiger partial charge in [-0.25, -0.2) is 4.63 Å². The first kappa shape index (κ1) is 12.8. The number of anilines is 2. The highest BCUT2D eigenvalue weighted by Gasteiger charge is 2.15. The molecule has 0 fully saturated rings. The number of oxime groups is 1. The van der Waals surface area contributed by atoms with Crippen molar-refractivity contribution < 1.29 is 14.6 Å². The molecule has 0 atom stereocenters. The molecule has 8 heteroatoms. The number of nitrogen functional groups attached to an aromatic ring is 1. The van der Waals surface area contributed by atoms with E-state index in [1.165, 1.54) is 0 Å². The summed E-state index contributed by atoms with van der Waals surface area (Å²) in [6, 6.07) is 7.40. The van der Waals surface area contributed by atoms with Crippen LogP contribution in [0.15, 0.2) is 34.1 Å². The van der Waals surface area contributed by atoms with Gasteiger partial charge >= 0.3 is 0 Å². The van der Waals surface area contributed by atoms with Crippen LogP contribution in [0.3, 0.4) is 0 Å². The summed E-state index contributed by atoms with van der Waals surface area (Å²) in [4.78, 5) is 0. The second-order valence-corrected chi connectivity index (χ2v) is 3.71. The lowest BCUT2D eigenvalue weighted by atomic mass is 10.2. The van der Waals surface area contributed by atoms with Crippen LogP contribution in [0, 0.1) is 0 Å². The highest BCUT2D eigenvalue weighted by Crippen LogP contribution is 2.14. The Hall–Kier alpha value is -2.61. The van der Waals surface area contributed by atoms with Gasteiger partial charge in [0.15, 0.2) is 11.5 Å². The largest absolute Gasteiger partial charge is 0.409 e. The molecule has 0 spiro atoms. The van der Waals surface area contributed by atoms with Crippen molar-refractivity contribution >= 4 is 17.3 Å². The average molecular weight is 263 g/mol. The molecule has 0 radical (unpaired) electrons.